The molecule has 25 heavy (non-hydrogen) atoms. The van der Waals surface area contributed by atoms with Crippen LogP contribution in [0, 0.1) is 0 Å². The number of aliphatic imine (C=N–C) groups is 1. The van der Waals surface area contributed by atoms with Crippen LogP contribution in [0.2, 0.25) is 0 Å². The van der Waals surface area contributed by atoms with Crippen LogP contribution in [-0.4, -0.2) is 46.3 Å². The summed E-state index contributed by atoms with van der Waals surface area (Å²) >= 11 is 0. The average molecular weight is 389 g/mol. The Bertz CT molecular complexity index is 722. The first kappa shape index (κ1) is 21.4. The molecule has 1 amide bonds. The van der Waals surface area contributed by atoms with E-state index in [1.165, 1.54) is 6.07 Å². The molecule has 9 heteroatoms. The summed E-state index contributed by atoms with van der Waals surface area (Å²) in [6, 6.07) is 6.05. The first-order valence-corrected chi connectivity index (χ1v) is 9.60. The van der Waals surface area contributed by atoms with Crippen LogP contribution in [0.4, 0.5) is 0 Å². The number of hydrogen-bond acceptors (Lipinski definition) is 5. The van der Waals surface area contributed by atoms with Crippen LogP contribution in [-0.2, 0) is 14.8 Å². The van der Waals surface area contributed by atoms with Crippen LogP contribution in [0.25, 0.3) is 0 Å². The van der Waals surface area contributed by atoms with E-state index in [2.05, 4.69) is 20.3 Å². The van der Waals surface area contributed by atoms with E-state index >= 15 is 0 Å². The highest BCUT2D eigenvalue weighted by atomic mass is 35.5. The predicted molar refractivity (Wildman–Crippen MR) is 101 cm³/mol. The molecule has 1 aromatic carbocycles. The van der Waals surface area contributed by atoms with Crippen LogP contribution in [0.5, 0.6) is 0 Å². The maximum absolute atomic E-state index is 12.4. The minimum absolute atomic E-state index is 0. The van der Waals surface area contributed by atoms with Crippen molar-refractivity contribution in [1.29, 1.82) is 0 Å². The normalized spacial score (nSPS) is 17.3. The van der Waals surface area contributed by atoms with Crippen LogP contribution in [0.3, 0.4) is 0 Å². The Morgan fingerprint density at radius 1 is 1.28 bits per heavy atom. The second-order valence-electron chi connectivity index (χ2n) is 5.63. The van der Waals surface area contributed by atoms with E-state index < -0.39 is 16.1 Å². The zero-order valence-electron chi connectivity index (χ0n) is 14.4. The maximum Gasteiger partial charge on any atom is 0.263 e. The van der Waals surface area contributed by atoms with Gasteiger partial charge in [-0.2, -0.15) is 0 Å². The molecule has 140 valence electrons. The Labute approximate surface area is 155 Å². The van der Waals surface area contributed by atoms with Crippen molar-refractivity contribution < 1.29 is 13.2 Å². The number of likely N-dealkylation sites (N-methyl/N-ethyl adjacent to an activating group) is 1. The molecule has 1 unspecified atom stereocenters. The largest absolute Gasteiger partial charge is 0.353 e. The molecule has 0 spiro atoms. The smallest absolute Gasteiger partial charge is 0.263 e. The topological polar surface area (TPSA) is 99.7 Å². The third-order valence-electron chi connectivity index (χ3n) is 3.76. The molecule has 7 nitrogen and oxygen atoms in total. The summed E-state index contributed by atoms with van der Waals surface area (Å²) in [5.41, 5.74) is 0.516. The highest BCUT2D eigenvalue weighted by molar-refractivity contribution is 7.90. The Hall–Kier alpha value is -1.64. The highest BCUT2D eigenvalue weighted by Crippen LogP contribution is 2.23. The summed E-state index contributed by atoms with van der Waals surface area (Å²) in [6.07, 6.45) is 2.36. The standard InChI is InChI=1S/C16H24N4O3S.ClH/c1-3-4-8-13(16(21)18-11-10-17-2)19-15-12-7-5-6-9-14(12)24(22,23)20-15;/h5-7,9,13,17H,3-4,8,10-11H2,1-2H3,(H,18,21)(H,19,20);1H. The summed E-state index contributed by atoms with van der Waals surface area (Å²) in [5.74, 6) is 0.0604. The number of unbranched alkanes of at least 4 members (excludes halogenated alkanes) is 1. The first-order chi connectivity index (χ1) is 11.5. The zero-order valence-corrected chi connectivity index (χ0v) is 16.0. The lowest BCUT2D eigenvalue weighted by Gasteiger charge is -2.13. The van der Waals surface area contributed by atoms with Gasteiger partial charge in [0.25, 0.3) is 10.0 Å². The molecule has 1 atom stereocenters. The van der Waals surface area contributed by atoms with E-state index in [0.29, 0.717) is 25.1 Å². The Morgan fingerprint density at radius 3 is 2.68 bits per heavy atom. The average Bonchev–Trinajstić information content (AvgIpc) is 2.82. The minimum atomic E-state index is -3.59. The monoisotopic (exact) mass is 388 g/mol. The molecule has 1 aliphatic heterocycles. The van der Waals surface area contributed by atoms with Gasteiger partial charge in [-0.3, -0.25) is 14.5 Å². The Kier molecular flexibility index (Phi) is 8.34. The van der Waals surface area contributed by atoms with Gasteiger partial charge in [0.1, 0.15) is 11.9 Å². The van der Waals surface area contributed by atoms with Gasteiger partial charge < -0.3 is 10.6 Å². The van der Waals surface area contributed by atoms with E-state index in [0.717, 1.165) is 12.8 Å². The second-order valence-corrected chi connectivity index (χ2v) is 7.28. The van der Waals surface area contributed by atoms with Crippen LogP contribution >= 0.6 is 12.4 Å². The molecule has 0 saturated carbocycles. The van der Waals surface area contributed by atoms with Gasteiger partial charge in [-0.05, 0) is 25.6 Å². The molecule has 0 radical (unpaired) electrons. The lowest BCUT2D eigenvalue weighted by molar-refractivity contribution is -0.122. The van der Waals surface area contributed by atoms with E-state index in [1.54, 1.807) is 18.2 Å². The number of carbonyl (C=O) groups excluding carboxylic acids is 1. The third-order valence-corrected chi connectivity index (χ3v) is 5.15. The Balaban J connectivity index is 0.00000312. The molecule has 0 aromatic heterocycles. The predicted octanol–water partition coefficient (Wildman–Crippen LogP) is 1.04. The number of fused-ring (bicyclic) bond motifs is 1. The zero-order chi connectivity index (χ0) is 17.6. The van der Waals surface area contributed by atoms with Gasteiger partial charge in [-0.25, -0.2) is 8.42 Å². The number of sulfonamides is 1. The lowest BCUT2D eigenvalue weighted by Crippen LogP contribution is -2.38. The SMILES string of the molecule is CCCCC(N=C1NS(=O)(=O)c2ccccc21)C(=O)NCCNC.Cl. The second kappa shape index (κ2) is 9.74. The number of carbonyl (C=O) groups is 1. The quantitative estimate of drug-likeness (QED) is 0.579. The Morgan fingerprint density at radius 2 is 2.00 bits per heavy atom. The molecule has 0 aliphatic carbocycles. The third kappa shape index (κ3) is 5.42. The molecule has 1 aromatic rings. The van der Waals surface area contributed by atoms with E-state index in [4.69, 9.17) is 0 Å². The molecule has 3 N–H and O–H groups in total. The fourth-order valence-corrected chi connectivity index (χ4v) is 3.70. The molecule has 1 heterocycles. The molecule has 0 saturated heterocycles. The lowest BCUT2D eigenvalue weighted by atomic mass is 10.1. The summed E-state index contributed by atoms with van der Waals surface area (Å²) in [4.78, 5) is 17.0. The van der Waals surface area contributed by atoms with Crippen molar-refractivity contribution >= 4 is 34.2 Å². The minimum Gasteiger partial charge on any atom is -0.353 e. The van der Waals surface area contributed by atoms with Crippen molar-refractivity contribution in [3.63, 3.8) is 0 Å². The number of nitrogens with zero attached hydrogens (tertiary/aromatic N) is 1. The van der Waals surface area contributed by atoms with Crippen molar-refractivity contribution in [3.8, 4) is 0 Å². The van der Waals surface area contributed by atoms with Crippen molar-refractivity contribution in [2.75, 3.05) is 20.1 Å². The number of amidine groups is 1. The van der Waals surface area contributed by atoms with Crippen LogP contribution in [0.1, 0.15) is 31.7 Å². The first-order valence-electron chi connectivity index (χ1n) is 8.12. The fraction of sp³-hybridized carbons (Fsp3) is 0.500. The number of rotatable bonds is 8. The number of nitrogens with one attached hydrogen (secondary N) is 3. The van der Waals surface area contributed by atoms with Gasteiger partial charge in [-0.1, -0.05) is 31.9 Å². The van der Waals surface area contributed by atoms with Crippen molar-refractivity contribution in [2.45, 2.75) is 37.1 Å². The van der Waals surface area contributed by atoms with Gasteiger partial charge in [-0.15, -0.1) is 12.4 Å². The number of hydrogen-bond donors (Lipinski definition) is 3. The molecule has 0 bridgehead atoms. The van der Waals surface area contributed by atoms with Gasteiger partial charge in [0.2, 0.25) is 5.91 Å². The van der Waals surface area contributed by atoms with Gasteiger partial charge in [0.15, 0.2) is 0 Å². The van der Waals surface area contributed by atoms with E-state index in [9.17, 15) is 13.2 Å². The molecular weight excluding hydrogens is 364 g/mol. The summed E-state index contributed by atoms with van der Waals surface area (Å²) in [7, 11) is -1.78. The summed E-state index contributed by atoms with van der Waals surface area (Å²) in [5, 5.41) is 5.79. The number of amides is 1. The van der Waals surface area contributed by atoms with Crippen LogP contribution in [0.15, 0.2) is 34.2 Å². The number of halogens is 1. The number of benzene rings is 1. The van der Waals surface area contributed by atoms with Crippen molar-refractivity contribution in [3.05, 3.63) is 29.8 Å². The van der Waals surface area contributed by atoms with Gasteiger partial charge in [0.05, 0.1) is 4.90 Å². The molecule has 2 rings (SSSR count). The van der Waals surface area contributed by atoms with Crippen molar-refractivity contribution in [1.82, 2.24) is 15.4 Å². The fourth-order valence-electron chi connectivity index (χ4n) is 2.47. The van der Waals surface area contributed by atoms with Gasteiger partial charge >= 0.3 is 0 Å². The van der Waals surface area contributed by atoms with E-state index in [-0.39, 0.29) is 29.0 Å². The summed E-state index contributed by atoms with van der Waals surface area (Å²) < 4.78 is 26.7. The molecule has 0 fully saturated rings. The van der Waals surface area contributed by atoms with Gasteiger partial charge in [0, 0.05) is 18.7 Å². The van der Waals surface area contributed by atoms with Crippen molar-refractivity contribution in [2.24, 2.45) is 4.99 Å². The molecule has 1 aliphatic rings. The summed E-state index contributed by atoms with van der Waals surface area (Å²) in [6.45, 7) is 3.21. The van der Waals surface area contributed by atoms with Crippen LogP contribution < -0.4 is 15.4 Å². The van der Waals surface area contributed by atoms with E-state index in [1.807, 2.05) is 14.0 Å². The highest BCUT2D eigenvalue weighted by Gasteiger charge is 2.31. The molecular formula is C16H25ClN4O3S. The maximum atomic E-state index is 12.4.